The molecule has 0 atom stereocenters. The Hall–Kier alpha value is -3.42. The van der Waals surface area contributed by atoms with Gasteiger partial charge in [-0.05, 0) is 30.7 Å². The molecule has 1 aliphatic heterocycles. The average molecular weight is 344 g/mol. The number of methoxy groups -OCH3 is 2. The summed E-state index contributed by atoms with van der Waals surface area (Å²) < 4.78 is 9.54. The Balaban J connectivity index is 2.67. The van der Waals surface area contributed by atoms with Gasteiger partial charge in [-0.15, -0.1) is 0 Å². The van der Waals surface area contributed by atoms with Crippen molar-refractivity contribution in [2.24, 2.45) is 0 Å². The van der Waals surface area contributed by atoms with Gasteiger partial charge in [0, 0.05) is 24.0 Å². The zero-order valence-electron chi connectivity index (χ0n) is 13.9. The summed E-state index contributed by atoms with van der Waals surface area (Å²) in [6, 6.07) is 4.20. The van der Waals surface area contributed by atoms with E-state index >= 15 is 0 Å². The van der Waals surface area contributed by atoms with Crippen LogP contribution in [-0.2, 0) is 19.1 Å². The highest BCUT2D eigenvalue weighted by Gasteiger charge is 2.28. The number of allylic oxidation sites excluding steroid dienone is 2. The summed E-state index contributed by atoms with van der Waals surface area (Å²) in [5.41, 5.74) is 0.932. The molecule has 1 aromatic rings. The number of carbonyl (C=O) groups is 2. The molecule has 8 nitrogen and oxygen atoms in total. The Morgan fingerprint density at radius 2 is 1.80 bits per heavy atom. The molecule has 0 aromatic heterocycles. The van der Waals surface area contributed by atoms with Crippen LogP contribution < -0.4 is 4.90 Å². The van der Waals surface area contributed by atoms with E-state index in [1.165, 1.54) is 43.4 Å². The van der Waals surface area contributed by atoms with E-state index in [1.807, 2.05) is 0 Å². The van der Waals surface area contributed by atoms with Gasteiger partial charge < -0.3 is 14.4 Å². The molecule has 0 unspecified atom stereocenters. The van der Waals surface area contributed by atoms with Crippen LogP contribution in [0.1, 0.15) is 5.56 Å². The van der Waals surface area contributed by atoms with Crippen LogP contribution in [0.3, 0.4) is 0 Å². The minimum absolute atomic E-state index is 0.0112. The second-order valence-corrected chi connectivity index (χ2v) is 5.04. The van der Waals surface area contributed by atoms with Gasteiger partial charge in [0.05, 0.1) is 24.7 Å². The summed E-state index contributed by atoms with van der Waals surface area (Å²) in [5, 5.41) is 10.9. The first-order valence-electron chi connectivity index (χ1n) is 7.20. The Morgan fingerprint density at radius 1 is 1.12 bits per heavy atom. The van der Waals surface area contributed by atoms with Gasteiger partial charge in [0.15, 0.2) is 0 Å². The number of anilines is 1. The van der Waals surface area contributed by atoms with Crippen molar-refractivity contribution in [2.45, 2.75) is 6.92 Å². The molecule has 0 N–H and O–H groups in total. The first-order chi connectivity index (χ1) is 11.9. The molecule has 0 aliphatic carbocycles. The number of benzene rings is 1. The number of esters is 2. The van der Waals surface area contributed by atoms with Crippen molar-refractivity contribution in [3.8, 4) is 0 Å². The topological polar surface area (TPSA) is 99.0 Å². The molecule has 0 radical (unpaired) electrons. The maximum atomic E-state index is 12.3. The lowest BCUT2D eigenvalue weighted by Gasteiger charge is -2.24. The van der Waals surface area contributed by atoms with Crippen molar-refractivity contribution in [3.05, 3.63) is 69.6 Å². The second kappa shape index (κ2) is 7.43. The molecule has 0 saturated heterocycles. The van der Waals surface area contributed by atoms with Crippen LogP contribution in [0.5, 0.6) is 0 Å². The lowest BCUT2D eigenvalue weighted by Crippen LogP contribution is -2.27. The van der Waals surface area contributed by atoms with Crippen LogP contribution >= 0.6 is 0 Å². The zero-order valence-corrected chi connectivity index (χ0v) is 13.9. The molecule has 1 heterocycles. The number of hydrogen-bond acceptors (Lipinski definition) is 7. The van der Waals surface area contributed by atoms with Crippen molar-refractivity contribution in [3.63, 3.8) is 0 Å². The average Bonchev–Trinajstić information content (AvgIpc) is 2.82. The van der Waals surface area contributed by atoms with Crippen LogP contribution in [0.2, 0.25) is 0 Å². The quantitative estimate of drug-likeness (QED) is 0.470. The first kappa shape index (κ1) is 17.9. The standard InChI is InChI=1S/C17H16N2O6/c1-11-10-12(19(22)23)7-8-14(11)18-9-5-4-6-13(16(20)24-2)15(18)17(21)25-3/h4-10H,1-3H3. The lowest BCUT2D eigenvalue weighted by atomic mass is 10.1. The van der Waals surface area contributed by atoms with Crippen molar-refractivity contribution in [1.29, 1.82) is 0 Å². The van der Waals surface area contributed by atoms with Gasteiger partial charge in [0.25, 0.3) is 5.69 Å². The predicted octanol–water partition coefficient (Wildman–Crippen LogP) is 2.39. The van der Waals surface area contributed by atoms with Gasteiger partial charge in [-0.1, -0.05) is 6.08 Å². The number of nitro benzene ring substituents is 1. The summed E-state index contributed by atoms with van der Waals surface area (Å²) in [5.74, 6) is -1.45. The second-order valence-electron chi connectivity index (χ2n) is 5.04. The van der Waals surface area contributed by atoms with Gasteiger partial charge in [0.1, 0.15) is 5.70 Å². The third kappa shape index (κ3) is 3.57. The number of hydrogen-bond donors (Lipinski definition) is 0. The van der Waals surface area contributed by atoms with Gasteiger partial charge in [-0.3, -0.25) is 10.1 Å². The van der Waals surface area contributed by atoms with Gasteiger partial charge >= 0.3 is 11.9 Å². The molecule has 130 valence electrons. The normalized spacial score (nSPS) is 13.5. The highest BCUT2D eigenvalue weighted by Crippen LogP contribution is 2.31. The third-order valence-corrected chi connectivity index (χ3v) is 3.54. The Labute approximate surface area is 143 Å². The molecule has 0 fully saturated rings. The molecule has 0 amide bonds. The van der Waals surface area contributed by atoms with E-state index in [9.17, 15) is 19.7 Å². The highest BCUT2D eigenvalue weighted by molar-refractivity contribution is 6.05. The Kier molecular flexibility index (Phi) is 5.33. The summed E-state index contributed by atoms with van der Waals surface area (Å²) >= 11 is 0. The van der Waals surface area contributed by atoms with E-state index in [4.69, 9.17) is 9.47 Å². The number of non-ortho nitro benzene ring substituents is 1. The Morgan fingerprint density at radius 3 is 2.36 bits per heavy atom. The monoisotopic (exact) mass is 344 g/mol. The smallest absolute Gasteiger partial charge is 0.355 e. The van der Waals surface area contributed by atoms with Crippen molar-refractivity contribution >= 4 is 23.3 Å². The fourth-order valence-electron chi connectivity index (χ4n) is 2.37. The van der Waals surface area contributed by atoms with Crippen LogP contribution in [0.4, 0.5) is 11.4 Å². The number of rotatable bonds is 4. The molecule has 25 heavy (non-hydrogen) atoms. The van der Waals surface area contributed by atoms with Crippen LogP contribution in [0.25, 0.3) is 0 Å². The SMILES string of the molecule is COC(=O)C1=C(C(=O)OC)N(c2ccc([N+](=O)[O-])cc2C)C=CC=C1. The molecular weight excluding hydrogens is 328 g/mol. The predicted molar refractivity (Wildman–Crippen MR) is 89.7 cm³/mol. The van der Waals surface area contributed by atoms with Crippen molar-refractivity contribution < 1.29 is 24.0 Å². The van der Waals surface area contributed by atoms with Crippen LogP contribution in [0.15, 0.2) is 53.9 Å². The summed E-state index contributed by atoms with van der Waals surface area (Å²) in [7, 11) is 2.40. The minimum Gasteiger partial charge on any atom is -0.465 e. The van der Waals surface area contributed by atoms with Gasteiger partial charge in [0.2, 0.25) is 0 Å². The summed E-state index contributed by atoms with van der Waals surface area (Å²) in [6.07, 6.45) is 6.21. The van der Waals surface area contributed by atoms with E-state index in [0.29, 0.717) is 11.3 Å². The molecule has 8 heteroatoms. The molecule has 0 saturated carbocycles. The fraction of sp³-hybridized carbons (Fsp3) is 0.176. The number of carbonyl (C=O) groups excluding carboxylic acids is 2. The minimum atomic E-state index is -0.741. The molecule has 1 aromatic carbocycles. The van der Waals surface area contributed by atoms with Crippen LogP contribution in [-0.4, -0.2) is 31.1 Å². The summed E-state index contributed by atoms with van der Waals surface area (Å²) in [6.45, 7) is 1.67. The lowest BCUT2D eigenvalue weighted by molar-refractivity contribution is -0.384. The maximum Gasteiger partial charge on any atom is 0.355 e. The molecule has 0 bridgehead atoms. The summed E-state index contributed by atoms with van der Waals surface area (Å²) in [4.78, 5) is 36.2. The number of nitrogens with zero attached hydrogens (tertiary/aromatic N) is 2. The maximum absolute atomic E-state index is 12.3. The molecular formula is C17H16N2O6. The highest BCUT2D eigenvalue weighted by atomic mass is 16.6. The zero-order chi connectivity index (χ0) is 18.6. The third-order valence-electron chi connectivity index (χ3n) is 3.54. The van der Waals surface area contributed by atoms with Crippen molar-refractivity contribution in [2.75, 3.05) is 19.1 Å². The van der Waals surface area contributed by atoms with Gasteiger partial charge in [-0.2, -0.15) is 0 Å². The largest absolute Gasteiger partial charge is 0.465 e. The number of aryl methyl sites for hydroxylation is 1. The molecule has 2 rings (SSSR count). The van der Waals surface area contributed by atoms with E-state index in [0.717, 1.165) is 0 Å². The molecule has 0 spiro atoms. The van der Waals surface area contributed by atoms with Crippen molar-refractivity contribution in [1.82, 2.24) is 0 Å². The van der Waals surface area contributed by atoms with E-state index in [-0.39, 0.29) is 17.0 Å². The van der Waals surface area contributed by atoms with E-state index in [2.05, 4.69) is 0 Å². The van der Waals surface area contributed by atoms with E-state index < -0.39 is 16.9 Å². The number of nitro groups is 1. The number of ether oxygens (including phenoxy) is 2. The van der Waals surface area contributed by atoms with Gasteiger partial charge in [-0.25, -0.2) is 9.59 Å². The Bertz CT molecular complexity index is 822. The van der Waals surface area contributed by atoms with E-state index in [1.54, 1.807) is 25.3 Å². The first-order valence-corrected chi connectivity index (χ1v) is 7.20. The fourth-order valence-corrected chi connectivity index (χ4v) is 2.37. The molecule has 1 aliphatic rings. The van der Waals surface area contributed by atoms with Crippen LogP contribution in [0, 0.1) is 17.0 Å².